The Hall–Kier alpha value is -6.65. The molecule has 0 spiro atoms. The molecular formula is C45H30N4. The molecule has 0 atom stereocenters. The molecule has 0 aliphatic carbocycles. The summed E-state index contributed by atoms with van der Waals surface area (Å²) in [4.78, 5) is 13.4. The Morgan fingerprint density at radius 3 is 1.41 bits per heavy atom. The van der Waals surface area contributed by atoms with E-state index in [9.17, 15) is 4.11 Å². The lowest BCUT2D eigenvalue weighted by Crippen LogP contribution is -2.04. The van der Waals surface area contributed by atoms with Gasteiger partial charge in [-0.2, -0.15) is 0 Å². The molecule has 0 saturated carbocycles. The molecule has 0 N–H and O–H groups in total. The first-order valence-corrected chi connectivity index (χ1v) is 14.3. The molecule has 0 aliphatic heterocycles. The minimum Gasteiger partial charge on any atom is -0.309 e. The summed E-state index contributed by atoms with van der Waals surface area (Å²) in [7, 11) is 0. The minimum absolute atomic E-state index is 0.297. The number of para-hydroxylation sites is 2. The standard InChI is InChI=1S/C45H30N4/c1-4-15-31(16-5-1)34-21-14-22-35(29-34)36-27-28-42(49-40-25-12-10-23-37(40)38-24-11-13-26-41(38)49)39(30-36)45-47-43(32-17-6-2-7-18-32)46-44(48-45)33-19-8-3-9-20-33/h1-30H/i1D,2D,3D,4D,5D,6D,7D,8D,9D,10D,11D,12D,13D,14D,15D,16D,17D,18D,19D,20D,21D,22D,23D,24D,25D,26D,29D. The normalized spacial score (nSPS) is 19.0. The zero-order valence-corrected chi connectivity index (χ0v) is 24.5. The van der Waals surface area contributed by atoms with Crippen LogP contribution in [0.2, 0.25) is 0 Å². The number of aromatic nitrogens is 4. The van der Waals surface area contributed by atoms with Crippen LogP contribution in [-0.4, -0.2) is 19.5 Å². The van der Waals surface area contributed by atoms with Gasteiger partial charge >= 0.3 is 0 Å². The van der Waals surface area contributed by atoms with Gasteiger partial charge in [0.1, 0.15) is 0 Å². The van der Waals surface area contributed by atoms with Gasteiger partial charge in [0, 0.05) is 27.5 Å². The van der Waals surface area contributed by atoms with Crippen LogP contribution in [0.4, 0.5) is 0 Å². The summed E-state index contributed by atoms with van der Waals surface area (Å²) in [6.45, 7) is 0. The largest absolute Gasteiger partial charge is 0.309 e. The maximum absolute atomic E-state index is 9.51. The van der Waals surface area contributed by atoms with Crippen LogP contribution in [0.25, 0.3) is 83.9 Å². The van der Waals surface area contributed by atoms with Crippen LogP contribution in [0.3, 0.4) is 0 Å². The minimum atomic E-state index is -0.903. The van der Waals surface area contributed by atoms with Gasteiger partial charge in [0.2, 0.25) is 0 Å². The van der Waals surface area contributed by atoms with E-state index in [-0.39, 0.29) is 11.3 Å². The number of benzene rings is 7. The van der Waals surface area contributed by atoms with Crippen molar-refractivity contribution < 1.29 is 37.0 Å². The van der Waals surface area contributed by atoms with Crippen LogP contribution in [0, 0.1) is 0 Å². The summed E-state index contributed by atoms with van der Waals surface area (Å²) >= 11 is 0. The Labute approximate surface area is 322 Å². The van der Waals surface area contributed by atoms with E-state index in [1.54, 1.807) is 0 Å². The SMILES string of the molecule is [2H]c1c([2H])c([2H])c(-c2nc(-c3cc(-c4c([2H])c([2H])c([2H])c(-c5c([2H])c([2H])c([2H])c([2H])c5[2H])c4[2H])ccc3-n3c4c([2H])c([2H])c([2H])c([2H])c4c4c([2H])c([2H])c([2H])c([2H])c43)nc(-c3c([2H])c([2H])c([2H])c([2H])c3[2H])n2)c([2H])c1[2H]. The van der Waals surface area contributed by atoms with E-state index >= 15 is 0 Å². The Kier molecular flexibility index (Phi) is 3.01. The second-order valence-electron chi connectivity index (χ2n) is 10.1. The van der Waals surface area contributed by atoms with E-state index in [0.29, 0.717) is 0 Å². The molecule has 2 aromatic heterocycles. The van der Waals surface area contributed by atoms with Gasteiger partial charge in [-0.1, -0.05) is 151 Å². The Bertz CT molecular complexity index is 3900. The fourth-order valence-corrected chi connectivity index (χ4v) is 5.16. The van der Waals surface area contributed by atoms with Crippen molar-refractivity contribution in [2.24, 2.45) is 0 Å². The summed E-state index contributed by atoms with van der Waals surface area (Å²) in [5.41, 5.74) is -5.39. The second-order valence-corrected chi connectivity index (χ2v) is 10.1. The zero-order chi connectivity index (χ0) is 56.1. The first-order chi connectivity index (χ1) is 35.5. The molecule has 2 heterocycles. The van der Waals surface area contributed by atoms with E-state index in [1.807, 2.05) is 0 Å². The predicted molar refractivity (Wildman–Crippen MR) is 201 cm³/mol. The molecule has 0 aliphatic rings. The molecule has 9 rings (SSSR count). The molecule has 49 heavy (non-hydrogen) atoms. The fourth-order valence-electron chi connectivity index (χ4n) is 5.16. The highest BCUT2D eigenvalue weighted by atomic mass is 15.1. The van der Waals surface area contributed by atoms with Gasteiger partial charge in [0.15, 0.2) is 17.5 Å². The molecule has 4 nitrogen and oxygen atoms in total. The first-order valence-electron chi connectivity index (χ1n) is 27.8. The summed E-state index contributed by atoms with van der Waals surface area (Å²) < 4.78 is 237. The molecule has 9 aromatic rings. The third kappa shape index (κ3) is 5.26. The quantitative estimate of drug-likeness (QED) is 0.179. The topological polar surface area (TPSA) is 43.6 Å². The Balaban J connectivity index is 1.54. The van der Waals surface area contributed by atoms with Crippen molar-refractivity contribution >= 4 is 21.8 Å². The number of hydrogen-bond donors (Lipinski definition) is 0. The highest BCUT2D eigenvalue weighted by Gasteiger charge is 2.20. The van der Waals surface area contributed by atoms with Crippen LogP contribution in [-0.2, 0) is 0 Å². The van der Waals surface area contributed by atoms with Gasteiger partial charge in [-0.15, -0.1) is 0 Å². The van der Waals surface area contributed by atoms with Crippen LogP contribution in [0.15, 0.2) is 181 Å². The molecule has 7 aromatic carbocycles. The molecule has 0 bridgehead atoms. The Morgan fingerprint density at radius 2 is 0.837 bits per heavy atom. The zero-order valence-electron chi connectivity index (χ0n) is 51.5. The van der Waals surface area contributed by atoms with Crippen LogP contribution in [0.1, 0.15) is 37.0 Å². The van der Waals surface area contributed by atoms with Crippen LogP contribution in [0.5, 0.6) is 0 Å². The van der Waals surface area contributed by atoms with E-state index in [1.165, 1.54) is 6.07 Å². The smallest absolute Gasteiger partial charge is 0.166 e. The van der Waals surface area contributed by atoms with Crippen molar-refractivity contribution in [3.8, 4) is 62.1 Å². The van der Waals surface area contributed by atoms with Crippen molar-refractivity contribution in [2.75, 3.05) is 0 Å². The predicted octanol–water partition coefficient (Wildman–Crippen LogP) is 11.3. The van der Waals surface area contributed by atoms with Gasteiger partial charge in [0.25, 0.3) is 0 Å². The van der Waals surface area contributed by atoms with Gasteiger partial charge in [-0.05, 0) is 52.5 Å². The molecule has 230 valence electrons. The highest BCUT2D eigenvalue weighted by molar-refractivity contribution is 6.09. The van der Waals surface area contributed by atoms with Crippen LogP contribution < -0.4 is 0 Å². The highest BCUT2D eigenvalue weighted by Crippen LogP contribution is 2.38. The molecular weight excluding hydrogens is 597 g/mol. The third-order valence-electron chi connectivity index (χ3n) is 7.26. The molecule has 0 fully saturated rings. The number of hydrogen-bond acceptors (Lipinski definition) is 3. The molecule has 0 saturated heterocycles. The number of fused-ring (bicyclic) bond motifs is 3. The summed E-state index contributed by atoms with van der Waals surface area (Å²) in [5, 5.41) is -0.818. The lowest BCUT2D eigenvalue weighted by Gasteiger charge is -2.16. The molecule has 0 unspecified atom stereocenters. The van der Waals surface area contributed by atoms with E-state index < -0.39 is 236 Å². The lowest BCUT2D eigenvalue weighted by atomic mass is 9.97. The maximum atomic E-state index is 9.51. The van der Waals surface area contributed by atoms with Crippen molar-refractivity contribution in [3.63, 3.8) is 0 Å². The average molecular weight is 654 g/mol. The summed E-state index contributed by atoms with van der Waals surface area (Å²) in [6, 6.07) is -19.4. The summed E-state index contributed by atoms with van der Waals surface area (Å²) in [6.07, 6.45) is 0. The van der Waals surface area contributed by atoms with Crippen molar-refractivity contribution in [1.29, 1.82) is 0 Å². The van der Waals surface area contributed by atoms with Gasteiger partial charge in [-0.3, -0.25) is 0 Å². The monoisotopic (exact) mass is 653 g/mol. The van der Waals surface area contributed by atoms with Gasteiger partial charge in [-0.25, -0.2) is 15.0 Å². The van der Waals surface area contributed by atoms with Gasteiger partial charge < -0.3 is 4.57 Å². The number of rotatable bonds is 6. The number of nitrogens with zero attached hydrogens (tertiary/aromatic N) is 4. The first kappa shape index (κ1) is 12.1. The average Bonchev–Trinajstić information content (AvgIpc) is 3.86. The van der Waals surface area contributed by atoms with Crippen molar-refractivity contribution in [2.45, 2.75) is 0 Å². The molecule has 0 amide bonds. The molecule has 0 radical (unpaired) electrons. The van der Waals surface area contributed by atoms with Crippen molar-refractivity contribution in [1.82, 2.24) is 19.5 Å². The second kappa shape index (κ2) is 12.2. The molecule has 4 heteroatoms. The van der Waals surface area contributed by atoms with Gasteiger partial charge in [0.05, 0.1) is 53.7 Å². The van der Waals surface area contributed by atoms with E-state index in [0.717, 1.165) is 16.7 Å². The van der Waals surface area contributed by atoms with Crippen molar-refractivity contribution in [3.05, 3.63) is 181 Å². The van der Waals surface area contributed by atoms with E-state index in [2.05, 4.69) is 15.0 Å². The third-order valence-corrected chi connectivity index (χ3v) is 7.26. The van der Waals surface area contributed by atoms with E-state index in [4.69, 9.17) is 32.9 Å². The maximum Gasteiger partial charge on any atom is 0.166 e. The lowest BCUT2D eigenvalue weighted by molar-refractivity contribution is 1.06. The summed E-state index contributed by atoms with van der Waals surface area (Å²) in [5.74, 6) is -2.30. The fraction of sp³-hybridized carbons (Fsp3) is 0. The van der Waals surface area contributed by atoms with Crippen LogP contribution >= 0.6 is 0 Å². The Morgan fingerprint density at radius 1 is 0.388 bits per heavy atom.